The molecule has 0 N–H and O–H groups in total. The normalized spacial score (nSPS) is 18.6. The van der Waals surface area contributed by atoms with Crippen molar-refractivity contribution in [1.29, 1.82) is 0 Å². The van der Waals surface area contributed by atoms with Crippen LogP contribution < -0.4 is 9.47 Å². The summed E-state index contributed by atoms with van der Waals surface area (Å²) in [7, 11) is -2.43. The molecule has 0 fully saturated rings. The summed E-state index contributed by atoms with van der Waals surface area (Å²) >= 11 is 0. The van der Waals surface area contributed by atoms with Crippen molar-refractivity contribution in [2.75, 3.05) is 7.11 Å². The highest BCUT2D eigenvalue weighted by Crippen LogP contribution is 2.43. The van der Waals surface area contributed by atoms with Crippen molar-refractivity contribution in [2.24, 2.45) is 0 Å². The lowest BCUT2D eigenvalue weighted by Crippen LogP contribution is -2.42. The summed E-state index contributed by atoms with van der Waals surface area (Å²) in [6, 6.07) is 20.6. The molecule has 1 aliphatic rings. The van der Waals surface area contributed by atoms with Gasteiger partial charge >= 0.3 is 5.97 Å². The van der Waals surface area contributed by atoms with Gasteiger partial charge < -0.3 is 9.47 Å². The maximum absolute atomic E-state index is 13.5. The monoisotopic (exact) mass is 408 g/mol. The first-order chi connectivity index (χ1) is 13.9. The lowest BCUT2D eigenvalue weighted by atomic mass is 9.86. The maximum Gasteiger partial charge on any atom is 0.331 e. The van der Waals surface area contributed by atoms with Gasteiger partial charge in [-0.15, -0.1) is 0 Å². The summed E-state index contributed by atoms with van der Waals surface area (Å²) in [6.07, 6.45) is 0. The summed E-state index contributed by atoms with van der Waals surface area (Å²) in [5.74, 6) is -0.429. The first-order valence-corrected chi connectivity index (χ1v) is 10.7. The second-order valence-electron chi connectivity index (χ2n) is 6.99. The second-order valence-corrected chi connectivity index (χ2v) is 9.06. The van der Waals surface area contributed by atoms with E-state index in [1.807, 2.05) is 13.0 Å². The molecule has 1 aliphatic heterocycles. The standard InChI is InChI=1S/C23H20O5S/c1-15-7-13-18(14-8-15)29(25,26)22-21(16-9-11-17(27-2)12-10-16)19-5-3-4-6-20(19)28-23(22)24/h3-14,21-22H,1-2H3. The van der Waals surface area contributed by atoms with Crippen LogP contribution in [0.3, 0.4) is 0 Å². The Morgan fingerprint density at radius 1 is 0.897 bits per heavy atom. The molecule has 0 bridgehead atoms. The van der Waals surface area contributed by atoms with E-state index in [-0.39, 0.29) is 4.90 Å². The molecule has 148 valence electrons. The summed E-state index contributed by atoms with van der Waals surface area (Å²) in [5.41, 5.74) is 2.31. The number of sulfone groups is 1. The number of hydrogen-bond donors (Lipinski definition) is 0. The van der Waals surface area contributed by atoms with Crippen molar-refractivity contribution in [3.05, 3.63) is 89.5 Å². The minimum absolute atomic E-state index is 0.0999. The Labute approximate surface area is 169 Å². The van der Waals surface area contributed by atoms with Crippen LogP contribution in [-0.4, -0.2) is 26.7 Å². The topological polar surface area (TPSA) is 69.7 Å². The van der Waals surface area contributed by atoms with Crippen LogP contribution >= 0.6 is 0 Å². The average molecular weight is 408 g/mol. The van der Waals surface area contributed by atoms with Crippen molar-refractivity contribution >= 4 is 15.8 Å². The molecule has 0 radical (unpaired) electrons. The Bertz CT molecular complexity index is 1150. The zero-order valence-corrected chi connectivity index (χ0v) is 16.8. The number of carbonyl (C=O) groups excluding carboxylic acids is 1. The first kappa shape index (κ1) is 19.2. The predicted octanol–water partition coefficient (Wildman–Crippen LogP) is 3.90. The van der Waals surface area contributed by atoms with E-state index in [0.29, 0.717) is 22.6 Å². The van der Waals surface area contributed by atoms with Gasteiger partial charge in [0.25, 0.3) is 0 Å². The van der Waals surface area contributed by atoms with Crippen molar-refractivity contribution < 1.29 is 22.7 Å². The zero-order valence-electron chi connectivity index (χ0n) is 16.0. The molecule has 1 heterocycles. The van der Waals surface area contributed by atoms with E-state index < -0.39 is 27.0 Å². The van der Waals surface area contributed by atoms with Crippen LogP contribution in [0.15, 0.2) is 77.7 Å². The van der Waals surface area contributed by atoms with Crippen molar-refractivity contribution in [2.45, 2.75) is 23.0 Å². The highest BCUT2D eigenvalue weighted by molar-refractivity contribution is 7.92. The van der Waals surface area contributed by atoms with Gasteiger partial charge in [0, 0.05) is 11.5 Å². The van der Waals surface area contributed by atoms with E-state index in [1.165, 1.54) is 12.1 Å². The highest BCUT2D eigenvalue weighted by Gasteiger charge is 2.47. The fourth-order valence-corrected chi connectivity index (χ4v) is 5.41. The van der Waals surface area contributed by atoms with Gasteiger partial charge in [-0.05, 0) is 42.8 Å². The van der Waals surface area contributed by atoms with Gasteiger partial charge in [-0.2, -0.15) is 0 Å². The fraction of sp³-hybridized carbons (Fsp3) is 0.174. The number of carbonyl (C=O) groups is 1. The number of esters is 1. The Balaban J connectivity index is 1.90. The van der Waals surface area contributed by atoms with Gasteiger partial charge in [0.2, 0.25) is 0 Å². The second kappa shape index (κ2) is 7.37. The van der Waals surface area contributed by atoms with E-state index in [9.17, 15) is 13.2 Å². The minimum Gasteiger partial charge on any atom is -0.497 e. The van der Waals surface area contributed by atoms with Gasteiger partial charge in [0.1, 0.15) is 11.5 Å². The molecule has 0 saturated carbocycles. The van der Waals surface area contributed by atoms with Gasteiger partial charge in [-0.3, -0.25) is 4.79 Å². The Morgan fingerprint density at radius 3 is 2.21 bits per heavy atom. The lowest BCUT2D eigenvalue weighted by Gasteiger charge is -2.32. The van der Waals surface area contributed by atoms with Crippen molar-refractivity contribution in [1.82, 2.24) is 0 Å². The van der Waals surface area contributed by atoms with Gasteiger partial charge in [0.05, 0.1) is 12.0 Å². The third-order valence-corrected chi connectivity index (χ3v) is 7.22. The van der Waals surface area contributed by atoms with Crippen LogP contribution in [0.25, 0.3) is 0 Å². The number of aryl methyl sites for hydroxylation is 1. The summed E-state index contributed by atoms with van der Waals surface area (Å²) in [4.78, 5) is 13.0. The third kappa shape index (κ3) is 3.40. The van der Waals surface area contributed by atoms with E-state index in [2.05, 4.69) is 0 Å². The highest BCUT2D eigenvalue weighted by atomic mass is 32.2. The van der Waals surface area contributed by atoms with E-state index >= 15 is 0 Å². The zero-order chi connectivity index (χ0) is 20.6. The number of para-hydroxylation sites is 1. The van der Waals surface area contributed by atoms with Gasteiger partial charge in [0.15, 0.2) is 15.1 Å². The number of benzene rings is 3. The molecule has 2 atom stereocenters. The van der Waals surface area contributed by atoms with Crippen LogP contribution in [0.4, 0.5) is 0 Å². The molecule has 0 aliphatic carbocycles. The summed E-state index contributed by atoms with van der Waals surface area (Å²) in [5, 5.41) is -1.38. The fourth-order valence-electron chi connectivity index (χ4n) is 3.64. The molecule has 4 rings (SSSR count). The molecular formula is C23H20O5S. The molecule has 5 nitrogen and oxygen atoms in total. The Morgan fingerprint density at radius 2 is 1.55 bits per heavy atom. The minimum atomic E-state index is -3.99. The van der Waals surface area contributed by atoms with E-state index in [0.717, 1.165) is 5.56 Å². The van der Waals surface area contributed by atoms with Crippen LogP contribution in [0, 0.1) is 6.92 Å². The molecule has 3 aromatic carbocycles. The summed E-state index contributed by atoms with van der Waals surface area (Å²) in [6.45, 7) is 1.88. The number of rotatable bonds is 4. The molecule has 2 unspecified atom stereocenters. The number of hydrogen-bond acceptors (Lipinski definition) is 5. The quantitative estimate of drug-likeness (QED) is 0.484. The van der Waals surface area contributed by atoms with E-state index in [4.69, 9.17) is 9.47 Å². The third-order valence-electron chi connectivity index (χ3n) is 5.16. The summed E-state index contributed by atoms with van der Waals surface area (Å²) < 4.78 is 37.6. The molecular weight excluding hydrogens is 388 g/mol. The van der Waals surface area contributed by atoms with Crippen LogP contribution in [0.5, 0.6) is 11.5 Å². The molecule has 0 saturated heterocycles. The van der Waals surface area contributed by atoms with E-state index in [1.54, 1.807) is 61.7 Å². The molecule has 3 aromatic rings. The van der Waals surface area contributed by atoms with Crippen molar-refractivity contribution in [3.8, 4) is 11.5 Å². The Kier molecular flexibility index (Phi) is 4.88. The van der Waals surface area contributed by atoms with Gasteiger partial charge in [-0.25, -0.2) is 8.42 Å². The average Bonchev–Trinajstić information content (AvgIpc) is 2.73. The maximum atomic E-state index is 13.5. The molecule has 0 aromatic heterocycles. The van der Waals surface area contributed by atoms with Crippen molar-refractivity contribution in [3.63, 3.8) is 0 Å². The number of ether oxygens (including phenoxy) is 2. The van der Waals surface area contributed by atoms with Gasteiger partial charge in [-0.1, -0.05) is 48.0 Å². The molecule has 0 spiro atoms. The number of methoxy groups -OCH3 is 1. The molecule has 29 heavy (non-hydrogen) atoms. The van der Waals surface area contributed by atoms with Crippen LogP contribution in [-0.2, 0) is 14.6 Å². The largest absolute Gasteiger partial charge is 0.497 e. The lowest BCUT2D eigenvalue weighted by molar-refractivity contribution is -0.135. The Hall–Kier alpha value is -3.12. The first-order valence-electron chi connectivity index (χ1n) is 9.17. The molecule has 6 heteroatoms. The van der Waals surface area contributed by atoms with Crippen LogP contribution in [0.1, 0.15) is 22.6 Å². The SMILES string of the molecule is COc1ccc(C2c3ccccc3OC(=O)C2S(=O)(=O)c2ccc(C)cc2)cc1. The smallest absolute Gasteiger partial charge is 0.331 e. The molecule has 0 amide bonds. The van der Waals surface area contributed by atoms with Crippen LogP contribution in [0.2, 0.25) is 0 Å². The predicted molar refractivity (Wildman–Crippen MR) is 109 cm³/mol. The number of fused-ring (bicyclic) bond motifs is 1.